The molecular formula is C21H22F2N6O3. The minimum atomic E-state index is -2.91. The maximum absolute atomic E-state index is 13.5. The fourth-order valence-corrected chi connectivity index (χ4v) is 3.43. The number of hydrogen-bond donors (Lipinski definition) is 1. The number of benzene rings is 1. The molecule has 3 heterocycles. The number of anilines is 1. The van der Waals surface area contributed by atoms with Gasteiger partial charge in [-0.1, -0.05) is 11.6 Å². The van der Waals surface area contributed by atoms with Gasteiger partial charge in [-0.15, -0.1) is 0 Å². The zero-order chi connectivity index (χ0) is 22.5. The molecule has 2 aromatic heterocycles. The number of pyridine rings is 1. The topological polar surface area (TPSA) is 94.4 Å². The van der Waals surface area contributed by atoms with Gasteiger partial charge in [-0.05, 0) is 37.6 Å². The summed E-state index contributed by atoms with van der Waals surface area (Å²) in [7, 11) is 0. The van der Waals surface area contributed by atoms with Crippen LogP contribution in [0.25, 0.3) is 5.69 Å². The largest absolute Gasteiger partial charge is 0.433 e. The number of carbonyl (C=O) groups is 1. The Morgan fingerprint density at radius 1 is 1.28 bits per heavy atom. The number of hydrogen-bond acceptors (Lipinski definition) is 7. The Hall–Kier alpha value is -3.60. The molecule has 1 aliphatic rings. The van der Waals surface area contributed by atoms with Crippen molar-refractivity contribution in [2.45, 2.75) is 26.2 Å². The molecule has 3 aromatic rings. The van der Waals surface area contributed by atoms with Crippen molar-refractivity contribution in [1.82, 2.24) is 24.9 Å². The molecule has 168 valence electrons. The van der Waals surface area contributed by atoms with E-state index in [9.17, 15) is 13.6 Å². The summed E-state index contributed by atoms with van der Waals surface area (Å²) < 4.78 is 34.7. The van der Waals surface area contributed by atoms with E-state index in [0.717, 1.165) is 5.56 Å². The van der Waals surface area contributed by atoms with E-state index in [1.807, 2.05) is 25.1 Å². The third-order valence-corrected chi connectivity index (χ3v) is 4.90. The minimum Gasteiger partial charge on any atom is -0.433 e. The van der Waals surface area contributed by atoms with Crippen molar-refractivity contribution in [3.63, 3.8) is 0 Å². The van der Waals surface area contributed by atoms with Gasteiger partial charge in [0.15, 0.2) is 0 Å². The van der Waals surface area contributed by atoms with E-state index in [0.29, 0.717) is 36.6 Å². The highest BCUT2D eigenvalue weighted by Crippen LogP contribution is 2.22. The van der Waals surface area contributed by atoms with Crippen LogP contribution in [0.3, 0.4) is 0 Å². The van der Waals surface area contributed by atoms with Crippen LogP contribution in [0.2, 0.25) is 0 Å². The highest BCUT2D eigenvalue weighted by molar-refractivity contribution is 5.98. The Morgan fingerprint density at radius 3 is 2.81 bits per heavy atom. The molecule has 1 fully saturated rings. The average Bonchev–Trinajstić information content (AvgIpc) is 3.33. The molecule has 32 heavy (non-hydrogen) atoms. The zero-order valence-electron chi connectivity index (χ0n) is 17.3. The van der Waals surface area contributed by atoms with Crippen molar-refractivity contribution in [2.24, 2.45) is 0 Å². The molecule has 0 bridgehead atoms. The van der Waals surface area contributed by atoms with E-state index >= 15 is 0 Å². The third-order valence-electron chi connectivity index (χ3n) is 4.90. The van der Waals surface area contributed by atoms with E-state index in [4.69, 9.17) is 4.74 Å². The number of halogens is 2. The number of alkyl halides is 2. The number of aromatic nitrogens is 4. The third kappa shape index (κ3) is 4.99. The van der Waals surface area contributed by atoms with E-state index < -0.39 is 12.8 Å². The Kier molecular flexibility index (Phi) is 6.55. The van der Waals surface area contributed by atoms with E-state index in [2.05, 4.69) is 25.2 Å². The first-order valence-electron chi connectivity index (χ1n) is 10.1. The van der Waals surface area contributed by atoms with Crippen molar-refractivity contribution in [3.05, 3.63) is 60.0 Å². The second-order valence-corrected chi connectivity index (χ2v) is 7.16. The van der Waals surface area contributed by atoms with Crippen LogP contribution in [-0.2, 0) is 4.74 Å². The average molecular weight is 444 g/mol. The van der Waals surface area contributed by atoms with Gasteiger partial charge in [-0.3, -0.25) is 4.79 Å². The number of nitrogens with zero attached hydrogens (tertiary/aromatic N) is 5. The lowest BCUT2D eigenvalue weighted by atomic mass is 10.1. The van der Waals surface area contributed by atoms with Crippen molar-refractivity contribution >= 4 is 11.7 Å². The van der Waals surface area contributed by atoms with Gasteiger partial charge in [-0.25, -0.2) is 4.98 Å². The van der Waals surface area contributed by atoms with Crippen molar-refractivity contribution in [2.75, 3.05) is 25.0 Å². The van der Waals surface area contributed by atoms with Crippen LogP contribution in [0.15, 0.2) is 48.9 Å². The van der Waals surface area contributed by atoms with Gasteiger partial charge in [0.25, 0.3) is 5.91 Å². The normalized spacial score (nSPS) is 16.2. The van der Waals surface area contributed by atoms with Crippen LogP contribution in [0.4, 0.5) is 14.6 Å². The lowest BCUT2D eigenvalue weighted by molar-refractivity contribution is -0.0691. The van der Waals surface area contributed by atoms with Gasteiger partial charge in [0.05, 0.1) is 43.0 Å². The summed E-state index contributed by atoms with van der Waals surface area (Å²) in [5.74, 6) is 0.224. The lowest BCUT2D eigenvalue weighted by Gasteiger charge is -2.36. The molecular weight excluding hydrogens is 422 g/mol. The van der Waals surface area contributed by atoms with Crippen molar-refractivity contribution < 1.29 is 23.0 Å². The summed E-state index contributed by atoms with van der Waals surface area (Å²) in [6.07, 6.45) is 4.48. The lowest BCUT2D eigenvalue weighted by Crippen LogP contribution is -2.50. The molecule has 1 amide bonds. The summed E-state index contributed by atoms with van der Waals surface area (Å²) in [5, 5.41) is 11.4. The molecule has 1 aromatic carbocycles. The molecule has 0 saturated carbocycles. The Labute approximate surface area is 183 Å². The summed E-state index contributed by atoms with van der Waals surface area (Å²) in [5.41, 5.74) is 2.00. The standard InChI is InChI=1S/C21H22F2N6O3/c1-14-3-5-17(29-26-7-8-27-29)16(11-14)20(30)28-9-2-10-31-19(28)13-25-18-6-4-15(12-24-18)32-21(22)23/h3-8,11-12,19,21H,2,9-10,13H2,1H3,(H,24,25). The number of aryl methyl sites for hydroxylation is 1. The minimum absolute atomic E-state index is 0.0320. The second kappa shape index (κ2) is 9.69. The SMILES string of the molecule is Cc1ccc(-n2nccn2)c(C(=O)N2CCCOC2CNc2ccc(OC(F)F)cn2)c1. The van der Waals surface area contributed by atoms with E-state index in [-0.39, 0.29) is 18.2 Å². The first-order valence-corrected chi connectivity index (χ1v) is 10.1. The fraction of sp³-hybridized carbons (Fsp3) is 0.333. The van der Waals surface area contributed by atoms with Crippen LogP contribution in [0.1, 0.15) is 22.3 Å². The molecule has 1 atom stereocenters. The quantitative estimate of drug-likeness (QED) is 0.599. The number of nitrogens with one attached hydrogen (secondary N) is 1. The second-order valence-electron chi connectivity index (χ2n) is 7.16. The predicted molar refractivity (Wildman–Crippen MR) is 111 cm³/mol. The molecule has 4 rings (SSSR count). The maximum atomic E-state index is 13.5. The van der Waals surface area contributed by atoms with E-state index in [1.54, 1.807) is 17.3 Å². The monoisotopic (exact) mass is 444 g/mol. The summed E-state index contributed by atoms with van der Waals surface area (Å²) in [6, 6.07) is 8.43. The van der Waals surface area contributed by atoms with Crippen LogP contribution in [0, 0.1) is 6.92 Å². The molecule has 0 aliphatic carbocycles. The van der Waals surface area contributed by atoms with Gasteiger partial charge >= 0.3 is 6.61 Å². The van der Waals surface area contributed by atoms with Crippen molar-refractivity contribution in [3.8, 4) is 11.4 Å². The van der Waals surface area contributed by atoms with Crippen LogP contribution in [-0.4, -0.2) is 63.3 Å². The maximum Gasteiger partial charge on any atom is 0.387 e. The van der Waals surface area contributed by atoms with Crippen molar-refractivity contribution in [1.29, 1.82) is 0 Å². The molecule has 1 unspecified atom stereocenters. The first-order chi connectivity index (χ1) is 15.5. The van der Waals surface area contributed by atoms with Crippen LogP contribution in [0.5, 0.6) is 5.75 Å². The van der Waals surface area contributed by atoms with Gasteiger partial charge in [-0.2, -0.15) is 23.8 Å². The summed E-state index contributed by atoms with van der Waals surface area (Å²) in [6.45, 7) is 0.325. The first kappa shape index (κ1) is 21.6. The Balaban J connectivity index is 1.49. The van der Waals surface area contributed by atoms with Crippen LogP contribution >= 0.6 is 0 Å². The summed E-state index contributed by atoms with van der Waals surface area (Å²) in [4.78, 5) is 20.6. The number of ether oxygens (including phenoxy) is 2. The smallest absolute Gasteiger partial charge is 0.387 e. The Bertz CT molecular complexity index is 1050. The molecule has 9 nitrogen and oxygen atoms in total. The Morgan fingerprint density at radius 2 is 2.09 bits per heavy atom. The number of carbonyl (C=O) groups excluding carboxylic acids is 1. The highest BCUT2D eigenvalue weighted by atomic mass is 19.3. The summed E-state index contributed by atoms with van der Waals surface area (Å²) >= 11 is 0. The van der Waals surface area contributed by atoms with Gasteiger partial charge in [0.2, 0.25) is 0 Å². The van der Waals surface area contributed by atoms with Gasteiger partial charge < -0.3 is 19.7 Å². The zero-order valence-corrected chi connectivity index (χ0v) is 17.3. The highest BCUT2D eigenvalue weighted by Gasteiger charge is 2.30. The molecule has 0 spiro atoms. The molecule has 1 saturated heterocycles. The predicted octanol–water partition coefficient (Wildman–Crippen LogP) is 2.87. The van der Waals surface area contributed by atoms with Gasteiger partial charge in [0, 0.05) is 6.54 Å². The molecule has 1 N–H and O–H groups in total. The number of rotatable bonds is 7. The fourth-order valence-electron chi connectivity index (χ4n) is 3.43. The van der Waals surface area contributed by atoms with E-state index in [1.165, 1.54) is 23.1 Å². The molecule has 1 aliphatic heterocycles. The molecule has 0 radical (unpaired) electrons. The molecule has 11 heteroatoms. The van der Waals surface area contributed by atoms with Gasteiger partial charge in [0.1, 0.15) is 17.8 Å². The number of amides is 1. The van der Waals surface area contributed by atoms with Crippen LogP contribution < -0.4 is 10.1 Å².